The average molecular weight is 380 g/mol. The van der Waals surface area contributed by atoms with E-state index < -0.39 is 30.7 Å². The van der Waals surface area contributed by atoms with Gasteiger partial charge < -0.3 is 19.7 Å². The normalized spacial score (nSPS) is 28.3. The number of benzene rings is 1. The summed E-state index contributed by atoms with van der Waals surface area (Å²) in [6.45, 7) is 4.57. The Morgan fingerprint density at radius 3 is 2.54 bits per heavy atom. The van der Waals surface area contributed by atoms with Crippen molar-refractivity contribution in [3.8, 4) is 11.6 Å². The zero-order valence-corrected chi connectivity index (χ0v) is 15.5. The number of halogens is 1. The van der Waals surface area contributed by atoms with Crippen molar-refractivity contribution < 1.29 is 24.1 Å². The highest BCUT2D eigenvalue weighted by Crippen LogP contribution is 2.41. The van der Waals surface area contributed by atoms with E-state index in [1.807, 2.05) is 32.0 Å². The Hall–Kier alpha value is -1.87. The smallest absolute Gasteiger partial charge is 0.223 e. The van der Waals surface area contributed by atoms with Crippen LogP contribution in [0.3, 0.4) is 0 Å². The second-order valence-corrected chi connectivity index (χ2v) is 6.95. The lowest BCUT2D eigenvalue weighted by molar-refractivity contribution is -0.0601. The van der Waals surface area contributed by atoms with Crippen molar-refractivity contribution in [3.63, 3.8) is 0 Å². The first kappa shape index (κ1) is 18.9. The van der Waals surface area contributed by atoms with Crippen LogP contribution in [-0.2, 0) is 4.74 Å². The molecule has 0 spiro atoms. The Balaban J connectivity index is 1.90. The first-order valence-corrected chi connectivity index (χ1v) is 8.63. The molecule has 2 heterocycles. The molecule has 0 amide bonds. The van der Waals surface area contributed by atoms with Crippen molar-refractivity contribution in [1.29, 1.82) is 0 Å². The summed E-state index contributed by atoms with van der Waals surface area (Å²) in [6.07, 6.45) is -2.18. The van der Waals surface area contributed by atoms with Crippen LogP contribution in [0.2, 0.25) is 0 Å². The molecule has 1 aromatic carbocycles. The van der Waals surface area contributed by atoms with E-state index in [1.54, 1.807) is 6.07 Å². The summed E-state index contributed by atoms with van der Waals surface area (Å²) in [4.78, 5) is 4.20. The standard InChI is InChI=1S/C18H21FN2O4S/c1-10-5-4-6-11(2)14(10)25-13-7-8-21(17(26)20-13)16-18(3,19)15(23)12(9-22)24-16/h4-8,12,15-16,22-23H,9H2,1-3H3/t12-,15+,16-,18?/m1/s1. The van der Waals surface area contributed by atoms with Gasteiger partial charge in [0.05, 0.1) is 6.61 Å². The molecule has 1 fully saturated rings. The second kappa shape index (κ2) is 7.03. The fourth-order valence-corrected chi connectivity index (χ4v) is 3.31. The predicted octanol–water partition coefficient (Wildman–Crippen LogP) is 3.00. The van der Waals surface area contributed by atoms with Crippen molar-refractivity contribution >= 4 is 12.2 Å². The number of aliphatic hydroxyl groups is 2. The van der Waals surface area contributed by atoms with E-state index in [-0.39, 0.29) is 10.7 Å². The molecule has 1 aliphatic rings. The highest BCUT2D eigenvalue weighted by Gasteiger charge is 2.54. The van der Waals surface area contributed by atoms with Gasteiger partial charge in [-0.2, -0.15) is 4.98 Å². The molecule has 0 saturated carbocycles. The van der Waals surface area contributed by atoms with E-state index in [1.165, 1.54) is 17.7 Å². The summed E-state index contributed by atoms with van der Waals surface area (Å²) >= 11 is 5.26. The minimum Gasteiger partial charge on any atom is -0.438 e. The Bertz CT molecular complexity index is 850. The van der Waals surface area contributed by atoms with Crippen molar-refractivity contribution in [3.05, 3.63) is 46.4 Å². The van der Waals surface area contributed by atoms with E-state index in [4.69, 9.17) is 21.7 Å². The fraction of sp³-hybridized carbons (Fsp3) is 0.444. The van der Waals surface area contributed by atoms with Gasteiger partial charge >= 0.3 is 0 Å². The van der Waals surface area contributed by atoms with Crippen LogP contribution in [0.15, 0.2) is 30.5 Å². The zero-order valence-electron chi connectivity index (χ0n) is 14.7. The maximum Gasteiger partial charge on any atom is 0.223 e. The van der Waals surface area contributed by atoms with Crippen molar-refractivity contribution in [2.24, 2.45) is 0 Å². The van der Waals surface area contributed by atoms with Crippen LogP contribution in [0.25, 0.3) is 0 Å². The monoisotopic (exact) mass is 380 g/mol. The van der Waals surface area contributed by atoms with Gasteiger partial charge in [-0.25, -0.2) is 4.39 Å². The Labute approximate surface area is 155 Å². The number of aryl methyl sites for hydroxylation is 2. The molecule has 26 heavy (non-hydrogen) atoms. The SMILES string of the molecule is Cc1cccc(C)c1Oc1ccn([C@@H]2O[C@H](CO)[C@H](O)C2(C)F)c(=S)n1. The minimum atomic E-state index is -2.12. The molecule has 1 saturated heterocycles. The maximum absolute atomic E-state index is 14.9. The number of rotatable bonds is 4. The molecule has 8 heteroatoms. The molecule has 1 unspecified atom stereocenters. The summed E-state index contributed by atoms with van der Waals surface area (Å²) in [5.41, 5.74) is -0.208. The topological polar surface area (TPSA) is 76.7 Å². The van der Waals surface area contributed by atoms with Gasteiger partial charge in [-0.3, -0.25) is 4.57 Å². The Morgan fingerprint density at radius 2 is 2.00 bits per heavy atom. The Kier molecular flexibility index (Phi) is 5.12. The van der Waals surface area contributed by atoms with Crippen molar-refractivity contribution in [1.82, 2.24) is 9.55 Å². The number of para-hydroxylation sites is 1. The van der Waals surface area contributed by atoms with Gasteiger partial charge in [0.1, 0.15) is 18.0 Å². The lowest BCUT2D eigenvalue weighted by atomic mass is 9.99. The number of hydrogen-bond acceptors (Lipinski definition) is 6. The van der Waals surface area contributed by atoms with Crippen LogP contribution < -0.4 is 4.74 Å². The van der Waals surface area contributed by atoms with Crippen LogP contribution in [0.1, 0.15) is 24.3 Å². The quantitative estimate of drug-likeness (QED) is 0.794. The number of ether oxygens (including phenoxy) is 2. The second-order valence-electron chi connectivity index (χ2n) is 6.58. The summed E-state index contributed by atoms with van der Waals surface area (Å²) in [5.74, 6) is 0.969. The first-order chi connectivity index (χ1) is 12.3. The van der Waals surface area contributed by atoms with E-state index >= 15 is 0 Å². The molecule has 1 aromatic heterocycles. The van der Waals surface area contributed by atoms with E-state index in [9.17, 15) is 14.6 Å². The van der Waals surface area contributed by atoms with Gasteiger partial charge in [0.15, 0.2) is 11.9 Å². The number of nitrogens with zero attached hydrogens (tertiary/aromatic N) is 2. The largest absolute Gasteiger partial charge is 0.438 e. The summed E-state index contributed by atoms with van der Waals surface area (Å²) in [6, 6.07) is 7.35. The number of aromatic nitrogens is 2. The molecule has 2 aromatic rings. The van der Waals surface area contributed by atoms with Crippen LogP contribution in [-0.4, -0.2) is 44.2 Å². The molecule has 4 atom stereocenters. The van der Waals surface area contributed by atoms with E-state index in [2.05, 4.69) is 4.98 Å². The summed E-state index contributed by atoms with van der Waals surface area (Å²) in [5, 5.41) is 19.2. The molecular weight excluding hydrogens is 359 g/mol. The van der Waals surface area contributed by atoms with Crippen LogP contribution in [0.4, 0.5) is 4.39 Å². The number of aliphatic hydroxyl groups excluding tert-OH is 2. The van der Waals surface area contributed by atoms with E-state index in [0.717, 1.165) is 11.1 Å². The molecule has 6 nitrogen and oxygen atoms in total. The average Bonchev–Trinajstić information content (AvgIpc) is 2.81. The van der Waals surface area contributed by atoms with Gasteiger partial charge in [0, 0.05) is 12.3 Å². The molecule has 0 aliphatic carbocycles. The fourth-order valence-electron chi connectivity index (χ4n) is 3.06. The van der Waals surface area contributed by atoms with Gasteiger partial charge in [-0.05, 0) is 44.1 Å². The Morgan fingerprint density at radius 1 is 1.35 bits per heavy atom. The lowest BCUT2D eigenvalue weighted by Gasteiger charge is -2.25. The third kappa shape index (κ3) is 3.25. The van der Waals surface area contributed by atoms with Gasteiger partial charge in [-0.15, -0.1) is 0 Å². The van der Waals surface area contributed by atoms with Gasteiger partial charge in [-0.1, -0.05) is 18.2 Å². The molecular formula is C18H21FN2O4S. The molecule has 2 N–H and O–H groups in total. The van der Waals surface area contributed by atoms with Crippen LogP contribution >= 0.6 is 12.2 Å². The molecule has 0 radical (unpaired) electrons. The zero-order chi connectivity index (χ0) is 19.1. The minimum absolute atomic E-state index is 0.0494. The third-order valence-electron chi connectivity index (χ3n) is 4.57. The molecule has 3 rings (SSSR count). The highest BCUT2D eigenvalue weighted by molar-refractivity contribution is 7.71. The predicted molar refractivity (Wildman–Crippen MR) is 95.6 cm³/mol. The van der Waals surface area contributed by atoms with Crippen molar-refractivity contribution in [2.45, 2.75) is 44.9 Å². The summed E-state index contributed by atoms with van der Waals surface area (Å²) < 4.78 is 27.6. The first-order valence-electron chi connectivity index (χ1n) is 8.22. The number of alkyl halides is 1. The molecule has 140 valence electrons. The molecule has 1 aliphatic heterocycles. The van der Waals surface area contributed by atoms with Crippen LogP contribution in [0.5, 0.6) is 11.6 Å². The highest BCUT2D eigenvalue weighted by atomic mass is 32.1. The number of hydrogen-bond donors (Lipinski definition) is 2. The molecule has 0 bridgehead atoms. The summed E-state index contributed by atoms with van der Waals surface area (Å²) in [7, 11) is 0. The van der Waals surface area contributed by atoms with E-state index in [0.29, 0.717) is 5.75 Å². The lowest BCUT2D eigenvalue weighted by Crippen LogP contribution is -2.40. The van der Waals surface area contributed by atoms with Crippen molar-refractivity contribution in [2.75, 3.05) is 6.61 Å². The third-order valence-corrected chi connectivity index (χ3v) is 4.87. The maximum atomic E-state index is 14.9. The van der Waals surface area contributed by atoms with Gasteiger partial charge in [0.25, 0.3) is 0 Å². The van der Waals surface area contributed by atoms with Gasteiger partial charge in [0.2, 0.25) is 10.7 Å². The van der Waals surface area contributed by atoms with Crippen LogP contribution in [0, 0.1) is 18.6 Å².